The fourth-order valence-electron chi connectivity index (χ4n) is 1.53. The third-order valence-corrected chi connectivity index (χ3v) is 2.12. The Kier molecular flexibility index (Phi) is 2.45. The third-order valence-electron chi connectivity index (χ3n) is 2.12. The van der Waals surface area contributed by atoms with E-state index in [2.05, 4.69) is 20.3 Å². The van der Waals surface area contributed by atoms with Gasteiger partial charge in [-0.15, -0.1) is 0 Å². The molecule has 1 aliphatic heterocycles. The molecule has 0 saturated heterocycles. The second kappa shape index (κ2) is 3.78. The highest BCUT2D eigenvalue weighted by Crippen LogP contribution is 2.11. The number of nitrogens with zero attached hydrogens (tertiary/aromatic N) is 3. The number of rotatable bonds is 2. The van der Waals surface area contributed by atoms with Crippen LogP contribution >= 0.6 is 0 Å². The summed E-state index contributed by atoms with van der Waals surface area (Å²) >= 11 is 0. The summed E-state index contributed by atoms with van der Waals surface area (Å²) in [6.07, 6.45) is 3.82. The molecule has 0 aromatic carbocycles. The van der Waals surface area contributed by atoms with Crippen LogP contribution < -0.4 is 22.5 Å². The van der Waals surface area contributed by atoms with Gasteiger partial charge in [-0.2, -0.15) is 4.99 Å². The zero-order valence-electron chi connectivity index (χ0n) is 8.59. The number of aromatic nitrogens is 1. The van der Waals surface area contributed by atoms with Gasteiger partial charge in [0, 0.05) is 18.8 Å². The van der Waals surface area contributed by atoms with Crippen molar-refractivity contribution in [3.05, 3.63) is 30.1 Å². The largest absolute Gasteiger partial charge is 0.369 e. The molecule has 0 fully saturated rings. The number of guanidine groups is 2. The molecular formula is C9H13N7. The topological polar surface area (TPSA) is 128 Å². The lowest BCUT2D eigenvalue weighted by atomic mass is 10.1. The van der Waals surface area contributed by atoms with E-state index in [0.717, 1.165) is 5.56 Å². The highest BCUT2D eigenvalue weighted by atomic mass is 15.4. The van der Waals surface area contributed by atoms with Crippen molar-refractivity contribution in [2.45, 2.75) is 12.2 Å². The number of aliphatic imine (C=N–C) groups is 2. The van der Waals surface area contributed by atoms with Crippen LogP contribution in [0.3, 0.4) is 0 Å². The standard InChI is InChI=1S/C9H13N7/c10-7-14-8(11)16-9(12,15-7)5-6-1-3-13-4-2-6/h1-4H,5,12H2,(H5,10,11,14,15,16). The molecule has 2 rings (SSSR count). The van der Waals surface area contributed by atoms with Crippen molar-refractivity contribution in [3.63, 3.8) is 0 Å². The fraction of sp³-hybridized carbons (Fsp3) is 0.222. The molecule has 16 heavy (non-hydrogen) atoms. The predicted molar refractivity (Wildman–Crippen MR) is 61.2 cm³/mol. The van der Waals surface area contributed by atoms with Gasteiger partial charge >= 0.3 is 0 Å². The number of hydrogen-bond donors (Lipinski definition) is 4. The van der Waals surface area contributed by atoms with Crippen LogP contribution in [0.5, 0.6) is 0 Å². The quantitative estimate of drug-likeness (QED) is 0.479. The maximum absolute atomic E-state index is 6.01. The normalized spacial score (nSPS) is 24.3. The first-order chi connectivity index (χ1) is 7.57. The van der Waals surface area contributed by atoms with Crippen molar-refractivity contribution < 1.29 is 0 Å². The summed E-state index contributed by atoms with van der Waals surface area (Å²) in [6, 6.07) is 3.70. The Morgan fingerprint density at radius 3 is 2.56 bits per heavy atom. The van der Waals surface area contributed by atoms with Gasteiger partial charge in [0.15, 0.2) is 11.7 Å². The molecule has 7 nitrogen and oxygen atoms in total. The molecule has 0 saturated carbocycles. The third kappa shape index (κ3) is 2.26. The molecule has 7 N–H and O–H groups in total. The molecule has 1 aromatic rings. The number of nitrogens with one attached hydrogen (secondary N) is 1. The van der Waals surface area contributed by atoms with Gasteiger partial charge in [-0.25, -0.2) is 4.99 Å². The average Bonchev–Trinajstić information content (AvgIpc) is 2.15. The van der Waals surface area contributed by atoms with E-state index in [1.54, 1.807) is 12.4 Å². The molecule has 1 unspecified atom stereocenters. The van der Waals surface area contributed by atoms with E-state index in [-0.39, 0.29) is 11.9 Å². The SMILES string of the molecule is NC1=NC(N)(Cc2ccncc2)NC(N)=N1. The van der Waals surface area contributed by atoms with Crippen LogP contribution in [0.4, 0.5) is 0 Å². The minimum absolute atomic E-state index is 0.0767. The van der Waals surface area contributed by atoms with E-state index in [4.69, 9.17) is 17.2 Å². The van der Waals surface area contributed by atoms with Crippen LogP contribution in [0.1, 0.15) is 5.56 Å². The van der Waals surface area contributed by atoms with Crippen molar-refractivity contribution in [3.8, 4) is 0 Å². The first-order valence-corrected chi connectivity index (χ1v) is 4.73. The first-order valence-electron chi connectivity index (χ1n) is 4.73. The van der Waals surface area contributed by atoms with Crippen molar-refractivity contribution in [2.75, 3.05) is 0 Å². The van der Waals surface area contributed by atoms with Crippen molar-refractivity contribution in [1.29, 1.82) is 0 Å². The molecule has 1 aliphatic rings. The number of pyridine rings is 1. The second-order valence-corrected chi connectivity index (χ2v) is 3.55. The van der Waals surface area contributed by atoms with Crippen LogP contribution in [0, 0.1) is 0 Å². The van der Waals surface area contributed by atoms with Gasteiger partial charge in [0.25, 0.3) is 0 Å². The Morgan fingerprint density at radius 1 is 1.25 bits per heavy atom. The van der Waals surface area contributed by atoms with Gasteiger partial charge < -0.3 is 16.8 Å². The van der Waals surface area contributed by atoms with Crippen LogP contribution in [0.25, 0.3) is 0 Å². The predicted octanol–water partition coefficient (Wildman–Crippen LogP) is -1.53. The van der Waals surface area contributed by atoms with Crippen molar-refractivity contribution in [1.82, 2.24) is 10.3 Å². The summed E-state index contributed by atoms with van der Waals surface area (Å²) in [4.78, 5) is 11.7. The molecular weight excluding hydrogens is 206 g/mol. The molecule has 0 aliphatic carbocycles. The lowest BCUT2D eigenvalue weighted by molar-refractivity contribution is 0.402. The highest BCUT2D eigenvalue weighted by Gasteiger charge is 2.28. The molecule has 0 bridgehead atoms. The zero-order chi connectivity index (χ0) is 11.6. The maximum Gasteiger partial charge on any atom is 0.222 e. The molecule has 1 aromatic heterocycles. The lowest BCUT2D eigenvalue weighted by Crippen LogP contribution is -2.61. The molecule has 0 radical (unpaired) electrons. The molecule has 1 atom stereocenters. The average molecular weight is 219 g/mol. The van der Waals surface area contributed by atoms with Crippen molar-refractivity contribution >= 4 is 11.9 Å². The smallest absolute Gasteiger partial charge is 0.222 e. The minimum atomic E-state index is -1.04. The summed E-state index contributed by atoms with van der Waals surface area (Å²) in [5, 5.41) is 2.79. The van der Waals surface area contributed by atoms with E-state index in [1.165, 1.54) is 0 Å². The molecule has 2 heterocycles. The summed E-state index contributed by atoms with van der Waals surface area (Å²) in [5.41, 5.74) is 18.0. The van der Waals surface area contributed by atoms with Gasteiger partial charge in [-0.1, -0.05) is 0 Å². The minimum Gasteiger partial charge on any atom is -0.369 e. The van der Waals surface area contributed by atoms with Crippen LogP contribution in [0.2, 0.25) is 0 Å². The summed E-state index contributed by atoms with van der Waals surface area (Å²) < 4.78 is 0. The van der Waals surface area contributed by atoms with Crippen LogP contribution in [-0.4, -0.2) is 22.7 Å². The van der Waals surface area contributed by atoms with E-state index in [1.807, 2.05) is 12.1 Å². The first kappa shape index (κ1) is 10.4. The Hall–Kier alpha value is -2.15. The van der Waals surface area contributed by atoms with Crippen LogP contribution in [-0.2, 0) is 6.42 Å². The van der Waals surface area contributed by atoms with Gasteiger partial charge in [0.1, 0.15) is 0 Å². The number of nitrogens with two attached hydrogens (primary N) is 3. The lowest BCUT2D eigenvalue weighted by Gasteiger charge is -2.29. The van der Waals surface area contributed by atoms with E-state index in [9.17, 15) is 0 Å². The summed E-state index contributed by atoms with van der Waals surface area (Å²) in [5.74, 6) is -0.797. The fourth-order valence-corrected chi connectivity index (χ4v) is 1.53. The Balaban J connectivity index is 2.19. The molecule has 0 spiro atoms. The van der Waals surface area contributed by atoms with Gasteiger partial charge in [-0.05, 0) is 17.7 Å². The van der Waals surface area contributed by atoms with E-state index < -0.39 is 5.79 Å². The zero-order valence-corrected chi connectivity index (χ0v) is 8.59. The molecule has 7 heteroatoms. The summed E-state index contributed by atoms with van der Waals surface area (Å²) in [6.45, 7) is 0. The monoisotopic (exact) mass is 219 g/mol. The van der Waals surface area contributed by atoms with Gasteiger partial charge in [-0.3, -0.25) is 10.7 Å². The van der Waals surface area contributed by atoms with Gasteiger partial charge in [0.2, 0.25) is 5.96 Å². The summed E-state index contributed by atoms with van der Waals surface area (Å²) in [7, 11) is 0. The highest BCUT2D eigenvalue weighted by molar-refractivity contribution is 5.95. The van der Waals surface area contributed by atoms with Gasteiger partial charge in [0.05, 0.1) is 0 Å². The van der Waals surface area contributed by atoms with E-state index >= 15 is 0 Å². The molecule has 0 amide bonds. The second-order valence-electron chi connectivity index (χ2n) is 3.55. The van der Waals surface area contributed by atoms with Crippen molar-refractivity contribution in [2.24, 2.45) is 27.2 Å². The molecule has 84 valence electrons. The van der Waals surface area contributed by atoms with Crippen LogP contribution in [0.15, 0.2) is 34.5 Å². The maximum atomic E-state index is 6.01. The Bertz CT molecular complexity index is 438. The Morgan fingerprint density at radius 2 is 1.94 bits per heavy atom. The number of hydrogen-bond acceptors (Lipinski definition) is 7. The van der Waals surface area contributed by atoms with E-state index in [0.29, 0.717) is 6.42 Å². The Labute approximate surface area is 92.5 Å².